The normalized spacial score (nSPS) is 31.7. The van der Waals surface area contributed by atoms with E-state index in [0.717, 1.165) is 36.6 Å². The largest absolute Gasteiger partial charge is 0.508 e. The standard InChI is InChI=1S/C25H32N4O/c1-4-29-15-18(16(2)28-29)14-26-27-24-10-9-23-22-7-5-17-13-19(30)6-8-20(17)21(22)11-12-25(23,24)3/h6,8,13-15,21-23,30H,4-5,7,9-12H2,1-3H3/b26-14-,27-24-/t21-,22+,23+,25+/m0/s1. The van der Waals surface area contributed by atoms with Gasteiger partial charge in [-0.1, -0.05) is 13.0 Å². The molecule has 3 aliphatic carbocycles. The smallest absolute Gasteiger partial charge is 0.115 e. The highest BCUT2D eigenvalue weighted by Crippen LogP contribution is 2.60. The zero-order chi connectivity index (χ0) is 20.9. The molecule has 0 aliphatic heterocycles. The number of rotatable bonds is 3. The van der Waals surface area contributed by atoms with Crippen LogP contribution in [-0.2, 0) is 13.0 Å². The highest BCUT2D eigenvalue weighted by atomic mass is 16.3. The molecule has 0 saturated heterocycles. The maximum absolute atomic E-state index is 9.87. The molecular formula is C25H32N4O. The maximum Gasteiger partial charge on any atom is 0.115 e. The Balaban J connectivity index is 1.37. The molecule has 1 aromatic carbocycles. The third-order valence-electron chi connectivity index (χ3n) is 8.13. The van der Waals surface area contributed by atoms with E-state index in [1.54, 1.807) is 0 Å². The number of fused-ring (bicyclic) bond motifs is 5. The number of nitrogens with zero attached hydrogens (tertiary/aromatic N) is 4. The van der Waals surface area contributed by atoms with Crippen molar-refractivity contribution in [1.82, 2.24) is 9.78 Å². The Morgan fingerprint density at radius 3 is 2.93 bits per heavy atom. The summed E-state index contributed by atoms with van der Waals surface area (Å²) in [4.78, 5) is 0. The fraction of sp³-hybridized carbons (Fsp3) is 0.560. The first kappa shape index (κ1) is 19.5. The van der Waals surface area contributed by atoms with Crippen molar-refractivity contribution < 1.29 is 5.11 Å². The van der Waals surface area contributed by atoms with Gasteiger partial charge in [0.05, 0.1) is 11.9 Å². The van der Waals surface area contributed by atoms with E-state index >= 15 is 0 Å². The summed E-state index contributed by atoms with van der Waals surface area (Å²) in [6, 6.07) is 6.03. The Morgan fingerprint density at radius 1 is 1.27 bits per heavy atom. The molecule has 0 spiro atoms. The van der Waals surface area contributed by atoms with E-state index in [9.17, 15) is 5.11 Å². The van der Waals surface area contributed by atoms with Crippen LogP contribution in [0.15, 0.2) is 34.6 Å². The van der Waals surface area contributed by atoms with Gasteiger partial charge in [0.15, 0.2) is 0 Å². The molecule has 1 N–H and O–H groups in total. The van der Waals surface area contributed by atoms with Gasteiger partial charge in [-0.2, -0.15) is 15.3 Å². The van der Waals surface area contributed by atoms with Gasteiger partial charge in [-0.3, -0.25) is 4.68 Å². The summed E-state index contributed by atoms with van der Waals surface area (Å²) >= 11 is 0. The topological polar surface area (TPSA) is 62.8 Å². The monoisotopic (exact) mass is 404 g/mol. The number of aromatic hydroxyl groups is 1. The van der Waals surface area contributed by atoms with Gasteiger partial charge in [0.1, 0.15) is 5.75 Å². The lowest BCUT2D eigenvalue weighted by Crippen LogP contribution is -2.42. The van der Waals surface area contributed by atoms with E-state index in [2.05, 4.69) is 30.1 Å². The van der Waals surface area contributed by atoms with Gasteiger partial charge in [0.25, 0.3) is 0 Å². The zero-order valence-corrected chi connectivity index (χ0v) is 18.3. The van der Waals surface area contributed by atoms with E-state index in [1.165, 1.54) is 42.5 Å². The van der Waals surface area contributed by atoms with Gasteiger partial charge in [0.2, 0.25) is 0 Å². The third-order valence-corrected chi connectivity index (χ3v) is 8.13. The molecule has 2 aromatic rings. The number of hydrogen-bond donors (Lipinski definition) is 1. The van der Waals surface area contributed by atoms with Gasteiger partial charge in [0, 0.05) is 29.4 Å². The SMILES string of the molecule is CCn1cc(/C=N\N=C2\CC[C@@H]3[C@@H]4CCc5cc(O)ccc5[C@@H]4CC[C@@]23C)c(C)n1. The van der Waals surface area contributed by atoms with Crippen LogP contribution in [-0.4, -0.2) is 26.8 Å². The summed E-state index contributed by atoms with van der Waals surface area (Å²) < 4.78 is 1.94. The fourth-order valence-electron chi connectivity index (χ4n) is 6.50. The molecule has 1 heterocycles. The quantitative estimate of drug-likeness (QED) is 0.561. The zero-order valence-electron chi connectivity index (χ0n) is 18.3. The minimum absolute atomic E-state index is 0.176. The predicted octanol–water partition coefficient (Wildman–Crippen LogP) is 5.25. The van der Waals surface area contributed by atoms with E-state index in [-0.39, 0.29) is 5.41 Å². The first-order valence-corrected chi connectivity index (χ1v) is 11.5. The summed E-state index contributed by atoms with van der Waals surface area (Å²) in [6.45, 7) is 7.42. The van der Waals surface area contributed by atoms with Crippen LogP contribution in [0.5, 0.6) is 5.75 Å². The van der Waals surface area contributed by atoms with E-state index in [4.69, 9.17) is 5.10 Å². The number of benzene rings is 1. The number of phenols is 1. The minimum Gasteiger partial charge on any atom is -0.508 e. The second-order valence-electron chi connectivity index (χ2n) is 9.61. The molecule has 0 unspecified atom stereocenters. The predicted molar refractivity (Wildman–Crippen MR) is 120 cm³/mol. The molecule has 0 amide bonds. The van der Waals surface area contributed by atoms with Crippen LogP contribution in [0, 0.1) is 24.2 Å². The van der Waals surface area contributed by atoms with Crippen molar-refractivity contribution >= 4 is 11.9 Å². The molecule has 5 heteroatoms. The highest BCUT2D eigenvalue weighted by molar-refractivity contribution is 5.93. The van der Waals surface area contributed by atoms with Crippen LogP contribution in [0.4, 0.5) is 0 Å². The molecule has 5 nitrogen and oxygen atoms in total. The van der Waals surface area contributed by atoms with Gasteiger partial charge in [-0.15, -0.1) is 0 Å². The van der Waals surface area contributed by atoms with Gasteiger partial charge in [-0.25, -0.2) is 0 Å². The van der Waals surface area contributed by atoms with Crippen molar-refractivity contribution in [2.24, 2.45) is 27.5 Å². The molecule has 5 rings (SSSR count). The van der Waals surface area contributed by atoms with E-state index < -0.39 is 0 Å². The van der Waals surface area contributed by atoms with Gasteiger partial charge < -0.3 is 5.11 Å². The summed E-state index contributed by atoms with van der Waals surface area (Å²) in [5.41, 5.74) is 6.37. The number of aryl methyl sites for hydroxylation is 3. The Bertz CT molecular complexity index is 1020. The Morgan fingerprint density at radius 2 is 2.13 bits per heavy atom. The number of hydrogen-bond acceptors (Lipinski definition) is 4. The average Bonchev–Trinajstić information content (AvgIpc) is 3.27. The summed E-state index contributed by atoms with van der Waals surface area (Å²) in [5.74, 6) is 2.46. The van der Waals surface area contributed by atoms with E-state index in [0.29, 0.717) is 17.6 Å². The van der Waals surface area contributed by atoms with Crippen molar-refractivity contribution in [2.45, 2.75) is 71.8 Å². The van der Waals surface area contributed by atoms with Gasteiger partial charge in [-0.05, 0) is 93.4 Å². The fourth-order valence-corrected chi connectivity index (χ4v) is 6.50. The van der Waals surface area contributed by atoms with Crippen molar-refractivity contribution in [3.63, 3.8) is 0 Å². The maximum atomic E-state index is 9.87. The summed E-state index contributed by atoms with van der Waals surface area (Å²) in [7, 11) is 0. The summed E-state index contributed by atoms with van der Waals surface area (Å²) in [5, 5.41) is 23.6. The van der Waals surface area contributed by atoms with Crippen LogP contribution in [0.25, 0.3) is 0 Å². The molecule has 4 atom stereocenters. The van der Waals surface area contributed by atoms with Crippen molar-refractivity contribution in [1.29, 1.82) is 0 Å². The lowest BCUT2D eigenvalue weighted by molar-refractivity contribution is 0.0955. The molecule has 2 fully saturated rings. The van der Waals surface area contributed by atoms with Crippen LogP contribution in [0.3, 0.4) is 0 Å². The Labute approximate surface area is 178 Å². The Kier molecular flexibility index (Phi) is 4.79. The molecule has 1 aromatic heterocycles. The second-order valence-corrected chi connectivity index (χ2v) is 9.61. The first-order chi connectivity index (χ1) is 14.5. The van der Waals surface area contributed by atoms with Crippen LogP contribution in [0.1, 0.15) is 74.3 Å². The molecule has 30 heavy (non-hydrogen) atoms. The Hall–Kier alpha value is -2.43. The van der Waals surface area contributed by atoms with Crippen molar-refractivity contribution in [3.8, 4) is 5.75 Å². The van der Waals surface area contributed by atoms with Crippen LogP contribution < -0.4 is 0 Å². The number of aromatic nitrogens is 2. The van der Waals surface area contributed by atoms with Crippen LogP contribution >= 0.6 is 0 Å². The number of phenolic OH excluding ortho intramolecular Hbond substituents is 1. The lowest BCUT2D eigenvalue weighted by atomic mass is 9.55. The molecule has 0 radical (unpaired) electrons. The third kappa shape index (κ3) is 3.10. The molecular weight excluding hydrogens is 372 g/mol. The first-order valence-electron chi connectivity index (χ1n) is 11.5. The van der Waals surface area contributed by atoms with Crippen LogP contribution in [0.2, 0.25) is 0 Å². The van der Waals surface area contributed by atoms with Crippen molar-refractivity contribution in [3.05, 3.63) is 46.8 Å². The second kappa shape index (κ2) is 7.36. The molecule has 2 saturated carbocycles. The average molecular weight is 405 g/mol. The molecule has 158 valence electrons. The van der Waals surface area contributed by atoms with E-state index in [1.807, 2.05) is 36.1 Å². The minimum atomic E-state index is 0.176. The lowest BCUT2D eigenvalue weighted by Gasteiger charge is -2.49. The highest BCUT2D eigenvalue weighted by Gasteiger charge is 2.53. The van der Waals surface area contributed by atoms with Crippen molar-refractivity contribution in [2.75, 3.05) is 0 Å². The summed E-state index contributed by atoms with van der Waals surface area (Å²) in [6.07, 6.45) is 10.9. The molecule has 0 bridgehead atoms. The molecule has 3 aliphatic rings. The van der Waals surface area contributed by atoms with Gasteiger partial charge >= 0.3 is 0 Å².